The number of nitrogens with zero attached hydrogens (tertiary/aromatic N) is 3. The largest absolute Gasteiger partial charge is 0.394 e. The predicted octanol–water partition coefficient (Wildman–Crippen LogP) is 4.57. The topological polar surface area (TPSA) is 96.8 Å². The molecule has 0 aliphatic carbocycles. The predicted molar refractivity (Wildman–Crippen MR) is 143 cm³/mol. The van der Waals surface area contributed by atoms with Crippen LogP contribution in [0.2, 0.25) is 0 Å². The molecule has 1 fully saturated rings. The Morgan fingerprint density at radius 3 is 2.89 bits per heavy atom. The van der Waals surface area contributed by atoms with Crippen molar-refractivity contribution in [1.82, 2.24) is 9.97 Å². The fraction of sp³-hybridized carbons (Fsp3) is 0.414. The molecule has 1 aromatic carbocycles. The van der Waals surface area contributed by atoms with Gasteiger partial charge in [0.25, 0.3) is 5.91 Å². The Morgan fingerprint density at radius 1 is 1.26 bits per heavy atom. The molecule has 0 bridgehead atoms. The number of ether oxygens (including phenoxy) is 2. The second kappa shape index (κ2) is 10.8. The van der Waals surface area contributed by atoms with E-state index < -0.39 is 5.67 Å². The summed E-state index contributed by atoms with van der Waals surface area (Å²) in [6.45, 7) is 7.10. The number of aliphatic hydroxyl groups excluding tert-OH is 1. The number of pyridine rings is 2. The Kier molecular flexibility index (Phi) is 7.43. The molecular weight excluding hydrogens is 487 g/mol. The van der Waals surface area contributed by atoms with Crippen molar-refractivity contribution in [3.05, 3.63) is 71.3 Å². The molecule has 5 rings (SSSR count). The van der Waals surface area contributed by atoms with E-state index in [4.69, 9.17) is 14.5 Å². The first-order valence-electron chi connectivity index (χ1n) is 12.9. The Morgan fingerprint density at radius 2 is 2.11 bits per heavy atom. The summed E-state index contributed by atoms with van der Waals surface area (Å²) in [5, 5.41) is 12.2. The molecule has 2 atom stereocenters. The number of halogens is 1. The SMILES string of the molecule is Cc1ccc(NC(=O)c2ccnc(C(C)(C)F)c2)cc1-c1cnc2c(c1)N1CCOC[C@H]1C[C@H]2OCCO. The molecule has 0 radical (unpaired) electrons. The third kappa shape index (κ3) is 5.41. The van der Waals surface area contributed by atoms with E-state index in [-0.39, 0.29) is 37.0 Å². The second-order valence-corrected chi connectivity index (χ2v) is 10.3. The molecule has 0 spiro atoms. The van der Waals surface area contributed by atoms with Crippen LogP contribution < -0.4 is 10.2 Å². The highest BCUT2D eigenvalue weighted by molar-refractivity contribution is 6.04. The fourth-order valence-corrected chi connectivity index (χ4v) is 5.07. The zero-order valence-electron chi connectivity index (χ0n) is 21.9. The summed E-state index contributed by atoms with van der Waals surface area (Å²) < 4.78 is 26.0. The minimum Gasteiger partial charge on any atom is -0.394 e. The van der Waals surface area contributed by atoms with E-state index in [1.54, 1.807) is 6.07 Å². The van der Waals surface area contributed by atoms with Crippen molar-refractivity contribution in [3.8, 4) is 11.1 Å². The van der Waals surface area contributed by atoms with E-state index >= 15 is 0 Å². The number of aromatic nitrogens is 2. The first-order chi connectivity index (χ1) is 18.2. The Balaban J connectivity index is 1.44. The molecule has 2 aromatic heterocycles. The van der Waals surface area contributed by atoms with E-state index in [9.17, 15) is 14.3 Å². The highest BCUT2D eigenvalue weighted by atomic mass is 19.1. The maximum atomic E-state index is 14.4. The second-order valence-electron chi connectivity index (χ2n) is 10.3. The number of fused-ring (bicyclic) bond motifs is 3. The van der Waals surface area contributed by atoms with Crippen LogP contribution in [0.4, 0.5) is 15.8 Å². The summed E-state index contributed by atoms with van der Waals surface area (Å²) in [5.41, 5.74) is 4.32. The number of aryl methyl sites for hydroxylation is 1. The van der Waals surface area contributed by atoms with Gasteiger partial charge in [-0.15, -0.1) is 0 Å². The molecule has 0 unspecified atom stereocenters. The number of hydrogen-bond donors (Lipinski definition) is 2. The molecule has 2 N–H and O–H groups in total. The minimum absolute atomic E-state index is 0.0428. The lowest BCUT2D eigenvalue weighted by Gasteiger charge is -2.44. The van der Waals surface area contributed by atoms with Gasteiger partial charge in [0, 0.05) is 42.2 Å². The average molecular weight is 521 g/mol. The number of anilines is 2. The fourth-order valence-electron chi connectivity index (χ4n) is 5.07. The zero-order chi connectivity index (χ0) is 26.9. The van der Waals surface area contributed by atoms with E-state index in [1.165, 1.54) is 26.1 Å². The van der Waals surface area contributed by atoms with Gasteiger partial charge < -0.3 is 24.8 Å². The first kappa shape index (κ1) is 26.2. The summed E-state index contributed by atoms with van der Waals surface area (Å²) in [6.07, 6.45) is 3.83. The summed E-state index contributed by atoms with van der Waals surface area (Å²) >= 11 is 0. The number of morpholine rings is 1. The smallest absolute Gasteiger partial charge is 0.255 e. The number of hydrogen-bond acceptors (Lipinski definition) is 7. The van der Waals surface area contributed by atoms with Gasteiger partial charge in [0.05, 0.1) is 49.5 Å². The van der Waals surface area contributed by atoms with Crippen LogP contribution in [0.1, 0.15) is 53.7 Å². The lowest BCUT2D eigenvalue weighted by molar-refractivity contribution is -0.00235. The van der Waals surface area contributed by atoms with Gasteiger partial charge in [0.1, 0.15) is 11.8 Å². The van der Waals surface area contributed by atoms with Crippen LogP contribution in [0.5, 0.6) is 0 Å². The van der Waals surface area contributed by atoms with Gasteiger partial charge in [-0.25, -0.2) is 4.39 Å². The van der Waals surface area contributed by atoms with Gasteiger partial charge in [-0.3, -0.25) is 14.8 Å². The zero-order valence-corrected chi connectivity index (χ0v) is 21.9. The number of aliphatic hydroxyl groups is 1. The molecule has 0 saturated carbocycles. The molecular formula is C29H33FN4O4. The number of alkyl halides is 1. The first-order valence-corrected chi connectivity index (χ1v) is 12.9. The van der Waals surface area contributed by atoms with Crippen molar-refractivity contribution in [3.63, 3.8) is 0 Å². The van der Waals surface area contributed by atoms with Crippen molar-refractivity contribution in [2.75, 3.05) is 43.2 Å². The van der Waals surface area contributed by atoms with Gasteiger partial charge in [0.2, 0.25) is 0 Å². The summed E-state index contributed by atoms with van der Waals surface area (Å²) in [7, 11) is 0. The molecule has 1 saturated heterocycles. The van der Waals surface area contributed by atoms with Crippen molar-refractivity contribution >= 4 is 17.3 Å². The van der Waals surface area contributed by atoms with Gasteiger partial charge in [0.15, 0.2) is 0 Å². The molecule has 8 nitrogen and oxygen atoms in total. The number of amides is 1. The normalized spacial score (nSPS) is 19.0. The highest BCUT2D eigenvalue weighted by Gasteiger charge is 2.36. The van der Waals surface area contributed by atoms with Crippen molar-refractivity contribution in [2.45, 2.75) is 45.0 Å². The Hall–Kier alpha value is -3.40. The molecule has 3 aromatic rings. The van der Waals surface area contributed by atoms with E-state index in [1.807, 2.05) is 31.3 Å². The highest BCUT2D eigenvalue weighted by Crippen LogP contribution is 2.41. The monoisotopic (exact) mass is 520 g/mol. The molecule has 2 aliphatic heterocycles. The van der Waals surface area contributed by atoms with E-state index in [0.717, 1.165) is 41.0 Å². The molecule has 200 valence electrons. The van der Waals surface area contributed by atoms with Gasteiger partial charge >= 0.3 is 0 Å². The molecule has 2 aliphatic rings. The van der Waals surface area contributed by atoms with Crippen LogP contribution >= 0.6 is 0 Å². The summed E-state index contributed by atoms with van der Waals surface area (Å²) in [5.74, 6) is -0.337. The third-order valence-corrected chi connectivity index (χ3v) is 7.07. The number of benzene rings is 1. The van der Waals surface area contributed by atoms with Crippen LogP contribution in [0.3, 0.4) is 0 Å². The lowest BCUT2D eigenvalue weighted by Crippen LogP contribution is -2.49. The third-order valence-electron chi connectivity index (χ3n) is 7.07. The van der Waals surface area contributed by atoms with Crippen molar-refractivity contribution in [1.29, 1.82) is 0 Å². The summed E-state index contributed by atoms with van der Waals surface area (Å²) in [4.78, 5) is 24.2. The summed E-state index contributed by atoms with van der Waals surface area (Å²) in [6, 6.07) is 11.1. The van der Waals surface area contributed by atoms with Crippen molar-refractivity contribution < 1.29 is 23.8 Å². The Labute approximate surface area is 221 Å². The quantitative estimate of drug-likeness (QED) is 0.471. The van der Waals surface area contributed by atoms with Crippen LogP contribution in [0, 0.1) is 6.92 Å². The van der Waals surface area contributed by atoms with E-state index in [0.29, 0.717) is 24.5 Å². The average Bonchev–Trinajstić information content (AvgIpc) is 2.92. The van der Waals surface area contributed by atoms with Crippen LogP contribution in [0.25, 0.3) is 11.1 Å². The lowest BCUT2D eigenvalue weighted by atomic mass is 9.93. The van der Waals surface area contributed by atoms with Gasteiger partial charge in [-0.1, -0.05) is 6.07 Å². The maximum absolute atomic E-state index is 14.4. The number of carbonyl (C=O) groups is 1. The number of carbonyl (C=O) groups excluding carboxylic acids is 1. The standard InChI is InChI=1S/C29H33FN4O4/c1-18-4-5-21(33-28(36)19-6-7-31-26(13-19)29(2,3)30)14-23(18)20-12-24-27(32-16-20)25(38-11-9-35)15-22-17-37-10-8-34(22)24/h4-7,12-14,16,22,25,35H,8-11,15,17H2,1-3H3,(H,33,36)/t22-,25-/m1/s1. The minimum atomic E-state index is -1.64. The molecule has 1 amide bonds. The van der Waals surface area contributed by atoms with Crippen LogP contribution in [-0.2, 0) is 15.1 Å². The van der Waals surface area contributed by atoms with E-state index in [2.05, 4.69) is 21.3 Å². The van der Waals surface area contributed by atoms with Crippen molar-refractivity contribution in [2.24, 2.45) is 0 Å². The molecule has 4 heterocycles. The van der Waals surface area contributed by atoms with Gasteiger partial charge in [-0.05, 0) is 62.2 Å². The molecule has 38 heavy (non-hydrogen) atoms. The van der Waals surface area contributed by atoms with Crippen LogP contribution in [0.15, 0.2) is 48.8 Å². The molecule has 9 heteroatoms. The Bertz CT molecular complexity index is 1330. The number of rotatable bonds is 7. The number of nitrogens with one attached hydrogen (secondary N) is 1. The van der Waals surface area contributed by atoms with Crippen LogP contribution in [-0.4, -0.2) is 60.0 Å². The maximum Gasteiger partial charge on any atom is 0.255 e. The van der Waals surface area contributed by atoms with Gasteiger partial charge in [-0.2, -0.15) is 0 Å².